The molecule has 1 aromatic rings. The molecular weight excluding hydrogens is 283 g/mol. The number of hydrogen-bond donors (Lipinski definition) is 1. The van der Waals surface area contributed by atoms with Crippen LogP contribution >= 0.6 is 0 Å². The van der Waals surface area contributed by atoms with Gasteiger partial charge in [-0.1, -0.05) is 25.3 Å². The van der Waals surface area contributed by atoms with E-state index in [1.165, 1.54) is 24.6 Å². The summed E-state index contributed by atoms with van der Waals surface area (Å²) in [6.45, 7) is 2.45. The highest BCUT2D eigenvalue weighted by Crippen LogP contribution is 2.22. The maximum absolute atomic E-state index is 13.1. The van der Waals surface area contributed by atoms with Crippen molar-refractivity contribution in [1.82, 2.24) is 10.2 Å². The van der Waals surface area contributed by atoms with Gasteiger partial charge in [0.2, 0.25) is 5.91 Å². The molecule has 1 aromatic carbocycles. The Morgan fingerprint density at radius 2 is 2.00 bits per heavy atom. The van der Waals surface area contributed by atoms with Crippen LogP contribution in [0.15, 0.2) is 24.3 Å². The molecule has 120 valence electrons. The molecule has 1 fully saturated rings. The summed E-state index contributed by atoms with van der Waals surface area (Å²) in [5.74, 6) is -0.696. The first-order chi connectivity index (χ1) is 10.6. The highest BCUT2D eigenvalue weighted by atomic mass is 19.1. The first kappa shape index (κ1) is 16.5. The quantitative estimate of drug-likeness (QED) is 0.909. The Balaban J connectivity index is 1.85. The van der Waals surface area contributed by atoms with Crippen LogP contribution in [0.1, 0.15) is 49.4 Å². The van der Waals surface area contributed by atoms with Gasteiger partial charge < -0.3 is 10.2 Å². The van der Waals surface area contributed by atoms with Crippen molar-refractivity contribution in [3.63, 3.8) is 0 Å². The number of carbonyl (C=O) groups excluding carboxylic acids is 2. The molecule has 1 aliphatic carbocycles. The van der Waals surface area contributed by atoms with E-state index in [4.69, 9.17) is 0 Å². The zero-order valence-corrected chi connectivity index (χ0v) is 13.0. The van der Waals surface area contributed by atoms with E-state index >= 15 is 0 Å². The molecule has 1 aliphatic rings. The van der Waals surface area contributed by atoms with Gasteiger partial charge in [-0.3, -0.25) is 9.59 Å². The van der Waals surface area contributed by atoms with Crippen molar-refractivity contribution in [3.8, 4) is 0 Å². The normalized spacial score (nSPS) is 15.4. The average molecular weight is 306 g/mol. The van der Waals surface area contributed by atoms with Gasteiger partial charge in [0.05, 0.1) is 0 Å². The van der Waals surface area contributed by atoms with E-state index in [1.807, 2.05) is 4.90 Å². The van der Waals surface area contributed by atoms with Crippen molar-refractivity contribution in [2.75, 3.05) is 13.1 Å². The summed E-state index contributed by atoms with van der Waals surface area (Å²) < 4.78 is 13.1. The molecular formula is C17H23FN2O2. The maximum Gasteiger partial charge on any atom is 0.251 e. The van der Waals surface area contributed by atoms with Crippen LogP contribution in [0.25, 0.3) is 0 Å². The fraction of sp³-hybridized carbons (Fsp3) is 0.529. The zero-order valence-electron chi connectivity index (χ0n) is 13.0. The van der Waals surface area contributed by atoms with Gasteiger partial charge in [0.25, 0.3) is 5.91 Å². The van der Waals surface area contributed by atoms with Crippen LogP contribution in [-0.4, -0.2) is 35.8 Å². The number of benzene rings is 1. The maximum atomic E-state index is 13.1. The number of carbonyl (C=O) groups is 2. The van der Waals surface area contributed by atoms with Gasteiger partial charge in [0.1, 0.15) is 5.82 Å². The number of rotatable bonds is 5. The lowest BCUT2D eigenvalue weighted by Crippen LogP contribution is -2.44. The number of amides is 2. The molecule has 5 heteroatoms. The smallest absolute Gasteiger partial charge is 0.251 e. The fourth-order valence-electron chi connectivity index (χ4n) is 3.01. The monoisotopic (exact) mass is 306 g/mol. The molecule has 2 rings (SSSR count). The summed E-state index contributed by atoms with van der Waals surface area (Å²) in [6, 6.07) is 5.88. The predicted octanol–water partition coefficient (Wildman–Crippen LogP) is 2.74. The SMILES string of the molecule is CC(=O)N(CCNC(=O)c1cccc(F)c1)C1CCCCC1. The molecule has 0 saturated heterocycles. The van der Waals surface area contributed by atoms with Crippen LogP contribution in [0.5, 0.6) is 0 Å². The Bertz CT molecular complexity index is 527. The van der Waals surface area contributed by atoms with Gasteiger partial charge in [-0.15, -0.1) is 0 Å². The molecule has 0 spiro atoms. The highest BCUT2D eigenvalue weighted by Gasteiger charge is 2.22. The third-order valence-electron chi connectivity index (χ3n) is 4.15. The Labute approximate surface area is 130 Å². The summed E-state index contributed by atoms with van der Waals surface area (Å²) in [5.41, 5.74) is 0.298. The van der Waals surface area contributed by atoms with Crippen LogP contribution in [0.4, 0.5) is 4.39 Å². The Hall–Kier alpha value is -1.91. The van der Waals surface area contributed by atoms with E-state index in [1.54, 1.807) is 13.0 Å². The standard InChI is InChI=1S/C17H23FN2O2/c1-13(21)20(16-8-3-2-4-9-16)11-10-19-17(22)14-6-5-7-15(18)12-14/h5-7,12,16H,2-4,8-11H2,1H3,(H,19,22). The molecule has 1 saturated carbocycles. The Morgan fingerprint density at radius 1 is 1.27 bits per heavy atom. The molecule has 2 amide bonds. The number of nitrogens with one attached hydrogen (secondary N) is 1. The number of nitrogens with zero attached hydrogens (tertiary/aromatic N) is 1. The van der Waals surface area contributed by atoms with Gasteiger partial charge in [-0.2, -0.15) is 0 Å². The number of hydrogen-bond acceptors (Lipinski definition) is 2. The Morgan fingerprint density at radius 3 is 2.64 bits per heavy atom. The zero-order chi connectivity index (χ0) is 15.9. The van der Waals surface area contributed by atoms with Crippen molar-refractivity contribution in [2.24, 2.45) is 0 Å². The van der Waals surface area contributed by atoms with Crippen LogP contribution in [0.2, 0.25) is 0 Å². The van der Waals surface area contributed by atoms with Gasteiger partial charge >= 0.3 is 0 Å². The third kappa shape index (κ3) is 4.55. The highest BCUT2D eigenvalue weighted by molar-refractivity contribution is 5.94. The van der Waals surface area contributed by atoms with Crippen LogP contribution in [-0.2, 0) is 4.79 Å². The topological polar surface area (TPSA) is 49.4 Å². The van der Waals surface area contributed by atoms with Gasteiger partial charge in [0.15, 0.2) is 0 Å². The largest absolute Gasteiger partial charge is 0.350 e. The van der Waals surface area contributed by atoms with Gasteiger partial charge in [-0.05, 0) is 31.0 Å². The van der Waals surface area contributed by atoms with Crippen LogP contribution in [0.3, 0.4) is 0 Å². The minimum Gasteiger partial charge on any atom is -0.350 e. The van der Waals surface area contributed by atoms with Crippen LogP contribution < -0.4 is 5.32 Å². The minimum absolute atomic E-state index is 0.0481. The fourth-order valence-corrected chi connectivity index (χ4v) is 3.01. The summed E-state index contributed by atoms with van der Waals surface area (Å²) in [6.07, 6.45) is 5.63. The van der Waals surface area contributed by atoms with Crippen LogP contribution in [0, 0.1) is 5.82 Å². The third-order valence-corrected chi connectivity index (χ3v) is 4.15. The molecule has 22 heavy (non-hydrogen) atoms. The molecule has 0 unspecified atom stereocenters. The molecule has 0 atom stereocenters. The summed E-state index contributed by atoms with van der Waals surface area (Å²) in [7, 11) is 0. The van der Waals surface area contributed by atoms with Crippen molar-refractivity contribution < 1.29 is 14.0 Å². The second kappa shape index (κ2) is 7.92. The van der Waals surface area contributed by atoms with Crippen molar-refractivity contribution >= 4 is 11.8 Å². The predicted molar refractivity (Wildman–Crippen MR) is 83.0 cm³/mol. The lowest BCUT2D eigenvalue weighted by atomic mass is 9.94. The molecule has 1 N–H and O–H groups in total. The van der Waals surface area contributed by atoms with E-state index in [0.29, 0.717) is 18.7 Å². The molecule has 4 nitrogen and oxygen atoms in total. The summed E-state index contributed by atoms with van der Waals surface area (Å²) in [5, 5.41) is 2.75. The second-order valence-corrected chi connectivity index (χ2v) is 5.77. The summed E-state index contributed by atoms with van der Waals surface area (Å²) >= 11 is 0. The first-order valence-corrected chi connectivity index (χ1v) is 7.89. The minimum atomic E-state index is -0.430. The van der Waals surface area contributed by atoms with Gasteiger partial charge in [-0.25, -0.2) is 4.39 Å². The Kier molecular flexibility index (Phi) is 5.92. The lowest BCUT2D eigenvalue weighted by Gasteiger charge is -2.33. The van der Waals surface area contributed by atoms with E-state index in [-0.39, 0.29) is 17.9 Å². The molecule has 0 heterocycles. The molecule has 0 aromatic heterocycles. The molecule has 0 aliphatic heterocycles. The molecule has 0 radical (unpaired) electrons. The van der Waals surface area contributed by atoms with Gasteiger partial charge in [0, 0.05) is 31.6 Å². The lowest BCUT2D eigenvalue weighted by molar-refractivity contribution is -0.131. The van der Waals surface area contributed by atoms with Crippen molar-refractivity contribution in [2.45, 2.75) is 45.1 Å². The number of halogens is 1. The van der Waals surface area contributed by atoms with Crippen molar-refractivity contribution in [3.05, 3.63) is 35.6 Å². The van der Waals surface area contributed by atoms with E-state index in [0.717, 1.165) is 25.7 Å². The van der Waals surface area contributed by atoms with E-state index in [2.05, 4.69) is 5.32 Å². The first-order valence-electron chi connectivity index (χ1n) is 7.89. The molecule has 0 bridgehead atoms. The van der Waals surface area contributed by atoms with Crippen molar-refractivity contribution in [1.29, 1.82) is 0 Å². The average Bonchev–Trinajstić information content (AvgIpc) is 2.52. The van der Waals surface area contributed by atoms with E-state index < -0.39 is 5.82 Å². The summed E-state index contributed by atoms with van der Waals surface area (Å²) in [4.78, 5) is 25.6. The second-order valence-electron chi connectivity index (χ2n) is 5.77. The van der Waals surface area contributed by atoms with E-state index in [9.17, 15) is 14.0 Å².